The Kier molecular flexibility index (Phi) is 3.33. The van der Waals surface area contributed by atoms with Crippen molar-refractivity contribution in [2.24, 2.45) is 0 Å². The second-order valence-electron chi connectivity index (χ2n) is 2.70. The van der Waals surface area contributed by atoms with Crippen LogP contribution in [0.2, 0.25) is 0 Å². The van der Waals surface area contributed by atoms with Crippen LogP contribution in [0.15, 0.2) is 36.0 Å². The lowest BCUT2D eigenvalue weighted by Crippen LogP contribution is -2.03. The number of anilines is 1. The fourth-order valence-corrected chi connectivity index (χ4v) is 0.799. The summed E-state index contributed by atoms with van der Waals surface area (Å²) in [6, 6.07) is 5.84. The van der Waals surface area contributed by atoms with E-state index < -0.39 is 0 Å². The lowest BCUT2D eigenvalue weighted by atomic mass is 10.3. The van der Waals surface area contributed by atoms with Gasteiger partial charge in [-0.05, 0) is 26.0 Å². The van der Waals surface area contributed by atoms with Gasteiger partial charge in [-0.2, -0.15) is 0 Å². The summed E-state index contributed by atoms with van der Waals surface area (Å²) >= 11 is 0. The molecule has 0 fully saturated rings. The Morgan fingerprint density at radius 1 is 1.58 bits per heavy atom. The van der Waals surface area contributed by atoms with Gasteiger partial charge in [0, 0.05) is 12.7 Å². The minimum Gasteiger partial charge on any atom is -0.366 e. The Morgan fingerprint density at radius 3 is 3.00 bits per heavy atom. The smallest absolute Gasteiger partial charge is 0.126 e. The molecule has 0 bridgehead atoms. The van der Waals surface area contributed by atoms with E-state index in [1.54, 1.807) is 6.20 Å². The maximum absolute atomic E-state index is 4.15. The molecule has 0 saturated carbocycles. The third-order valence-electron chi connectivity index (χ3n) is 1.71. The van der Waals surface area contributed by atoms with Crippen LogP contribution in [-0.4, -0.2) is 11.5 Å². The summed E-state index contributed by atoms with van der Waals surface area (Å²) < 4.78 is 0. The Labute approximate surface area is 73.3 Å². The first-order valence-electron chi connectivity index (χ1n) is 4.09. The molecule has 0 aliphatic heterocycles. The van der Waals surface area contributed by atoms with Gasteiger partial charge in [-0.15, -0.1) is 0 Å². The highest BCUT2D eigenvalue weighted by Gasteiger charge is 1.89. The molecule has 0 amide bonds. The molecule has 12 heavy (non-hydrogen) atoms. The van der Waals surface area contributed by atoms with Crippen LogP contribution in [0.3, 0.4) is 0 Å². The van der Waals surface area contributed by atoms with Gasteiger partial charge in [-0.3, -0.25) is 0 Å². The van der Waals surface area contributed by atoms with E-state index >= 15 is 0 Å². The molecule has 0 aliphatic carbocycles. The van der Waals surface area contributed by atoms with Gasteiger partial charge in [0.15, 0.2) is 0 Å². The van der Waals surface area contributed by atoms with Gasteiger partial charge in [-0.25, -0.2) is 4.98 Å². The topological polar surface area (TPSA) is 24.9 Å². The lowest BCUT2D eigenvalue weighted by molar-refractivity contribution is 1.15. The minimum absolute atomic E-state index is 0.869. The Bertz CT molecular complexity index is 252. The molecular weight excluding hydrogens is 148 g/mol. The van der Waals surface area contributed by atoms with Crippen LogP contribution in [0, 0.1) is 0 Å². The van der Waals surface area contributed by atoms with E-state index in [1.807, 2.05) is 25.1 Å². The Balaban J connectivity index is 2.44. The van der Waals surface area contributed by atoms with Crippen LogP contribution in [0.4, 0.5) is 5.82 Å². The molecule has 1 rings (SSSR count). The average Bonchev–Trinajstić information content (AvgIpc) is 2.16. The highest BCUT2D eigenvalue weighted by Crippen LogP contribution is 2.01. The highest BCUT2D eigenvalue weighted by molar-refractivity contribution is 5.34. The summed E-state index contributed by atoms with van der Waals surface area (Å²) in [5.41, 5.74) is 1.32. The number of hydrogen-bond donors (Lipinski definition) is 1. The predicted molar refractivity (Wildman–Crippen MR) is 52.2 cm³/mol. The molecule has 0 aliphatic rings. The average molecular weight is 162 g/mol. The fraction of sp³-hybridized carbons (Fsp3) is 0.300. The summed E-state index contributed by atoms with van der Waals surface area (Å²) in [6.45, 7) is 5.00. The minimum atomic E-state index is 0.869. The van der Waals surface area contributed by atoms with E-state index in [1.165, 1.54) is 5.57 Å². The van der Waals surface area contributed by atoms with Gasteiger partial charge in [0.2, 0.25) is 0 Å². The molecule has 2 nitrogen and oxygen atoms in total. The zero-order valence-corrected chi connectivity index (χ0v) is 7.54. The first-order chi connectivity index (χ1) is 5.83. The van der Waals surface area contributed by atoms with Crippen molar-refractivity contribution in [1.82, 2.24) is 4.98 Å². The molecule has 0 atom stereocenters. The van der Waals surface area contributed by atoms with E-state index in [-0.39, 0.29) is 0 Å². The zero-order valence-electron chi connectivity index (χ0n) is 7.54. The number of aromatic nitrogens is 1. The molecule has 1 aromatic rings. The number of rotatable bonds is 3. The number of allylic oxidation sites excluding steroid dienone is 1. The van der Waals surface area contributed by atoms with E-state index in [4.69, 9.17) is 0 Å². The molecule has 0 radical (unpaired) electrons. The van der Waals surface area contributed by atoms with Gasteiger partial charge in [0.1, 0.15) is 5.82 Å². The van der Waals surface area contributed by atoms with Gasteiger partial charge in [-0.1, -0.05) is 17.7 Å². The number of pyridine rings is 1. The highest BCUT2D eigenvalue weighted by atomic mass is 15.0. The van der Waals surface area contributed by atoms with Crippen LogP contribution >= 0.6 is 0 Å². The standard InChI is InChI=1S/C10H14N2/c1-3-9(2)8-12-10-6-4-5-7-11-10/h3-7H,8H2,1-2H3,(H,11,12). The summed E-state index contributed by atoms with van der Waals surface area (Å²) in [7, 11) is 0. The van der Waals surface area contributed by atoms with Crippen molar-refractivity contribution in [3.05, 3.63) is 36.0 Å². The van der Waals surface area contributed by atoms with E-state index in [2.05, 4.69) is 23.3 Å². The van der Waals surface area contributed by atoms with Crippen molar-refractivity contribution >= 4 is 5.82 Å². The van der Waals surface area contributed by atoms with Crippen molar-refractivity contribution in [3.8, 4) is 0 Å². The Morgan fingerprint density at radius 2 is 2.42 bits per heavy atom. The quantitative estimate of drug-likeness (QED) is 0.690. The SMILES string of the molecule is CC=C(C)CNc1ccccn1. The summed E-state index contributed by atoms with van der Waals surface area (Å²) in [5.74, 6) is 0.929. The maximum Gasteiger partial charge on any atom is 0.126 e. The third-order valence-corrected chi connectivity index (χ3v) is 1.71. The number of nitrogens with zero attached hydrogens (tertiary/aromatic N) is 1. The zero-order chi connectivity index (χ0) is 8.81. The summed E-state index contributed by atoms with van der Waals surface area (Å²) in [4.78, 5) is 4.15. The van der Waals surface area contributed by atoms with Gasteiger partial charge in [0.25, 0.3) is 0 Å². The van der Waals surface area contributed by atoms with Crippen LogP contribution < -0.4 is 5.32 Å². The van der Waals surface area contributed by atoms with Crippen LogP contribution in [0.25, 0.3) is 0 Å². The second-order valence-corrected chi connectivity index (χ2v) is 2.70. The number of nitrogens with one attached hydrogen (secondary N) is 1. The predicted octanol–water partition coefficient (Wildman–Crippen LogP) is 2.46. The Hall–Kier alpha value is -1.31. The third kappa shape index (κ3) is 2.74. The van der Waals surface area contributed by atoms with Crippen molar-refractivity contribution < 1.29 is 0 Å². The first kappa shape index (κ1) is 8.78. The van der Waals surface area contributed by atoms with E-state index in [0.29, 0.717) is 0 Å². The molecule has 2 heteroatoms. The lowest BCUT2D eigenvalue weighted by Gasteiger charge is -2.03. The normalized spacial score (nSPS) is 11.3. The number of hydrogen-bond acceptors (Lipinski definition) is 2. The van der Waals surface area contributed by atoms with Crippen molar-refractivity contribution in [3.63, 3.8) is 0 Å². The molecule has 1 heterocycles. The molecule has 0 aromatic carbocycles. The van der Waals surface area contributed by atoms with Crippen molar-refractivity contribution in [2.45, 2.75) is 13.8 Å². The fourth-order valence-electron chi connectivity index (χ4n) is 0.799. The first-order valence-corrected chi connectivity index (χ1v) is 4.09. The molecule has 0 saturated heterocycles. The summed E-state index contributed by atoms with van der Waals surface area (Å²) in [5, 5.41) is 3.22. The molecule has 0 unspecified atom stereocenters. The van der Waals surface area contributed by atoms with Gasteiger partial charge in [0.05, 0.1) is 0 Å². The second kappa shape index (κ2) is 4.54. The summed E-state index contributed by atoms with van der Waals surface area (Å²) in [6.07, 6.45) is 3.88. The van der Waals surface area contributed by atoms with Crippen molar-refractivity contribution in [2.75, 3.05) is 11.9 Å². The van der Waals surface area contributed by atoms with E-state index in [0.717, 1.165) is 12.4 Å². The largest absolute Gasteiger partial charge is 0.366 e. The van der Waals surface area contributed by atoms with Gasteiger partial charge >= 0.3 is 0 Å². The van der Waals surface area contributed by atoms with Crippen LogP contribution in [0.1, 0.15) is 13.8 Å². The monoisotopic (exact) mass is 162 g/mol. The van der Waals surface area contributed by atoms with Crippen molar-refractivity contribution in [1.29, 1.82) is 0 Å². The maximum atomic E-state index is 4.15. The van der Waals surface area contributed by atoms with Gasteiger partial charge < -0.3 is 5.32 Å². The van der Waals surface area contributed by atoms with E-state index in [9.17, 15) is 0 Å². The molecule has 1 aromatic heterocycles. The molecular formula is C10H14N2. The molecule has 64 valence electrons. The molecule has 0 spiro atoms. The van der Waals surface area contributed by atoms with Crippen LogP contribution in [-0.2, 0) is 0 Å². The van der Waals surface area contributed by atoms with Crippen LogP contribution in [0.5, 0.6) is 0 Å². The molecule has 1 N–H and O–H groups in total.